The monoisotopic (exact) mass is 359 g/mol. The SMILES string of the molecule is Cn1nc(C(F)(F)F)cc1-c1ccc(CCCN2CCOCC2)s1. The summed E-state index contributed by atoms with van der Waals surface area (Å²) in [5, 5.41) is 3.57. The van der Waals surface area contributed by atoms with Crippen molar-refractivity contribution in [3.63, 3.8) is 0 Å². The number of thiophene rings is 1. The summed E-state index contributed by atoms with van der Waals surface area (Å²) in [6.45, 7) is 4.58. The maximum Gasteiger partial charge on any atom is 0.435 e. The molecule has 0 N–H and O–H groups in total. The van der Waals surface area contributed by atoms with Crippen molar-refractivity contribution in [2.24, 2.45) is 7.05 Å². The lowest BCUT2D eigenvalue weighted by Gasteiger charge is -2.26. The number of aryl methyl sites for hydroxylation is 2. The largest absolute Gasteiger partial charge is 0.435 e. The average Bonchev–Trinajstić information content (AvgIpc) is 3.14. The van der Waals surface area contributed by atoms with Crippen LogP contribution in [-0.2, 0) is 24.4 Å². The van der Waals surface area contributed by atoms with E-state index in [2.05, 4.69) is 10.00 Å². The van der Waals surface area contributed by atoms with Crippen molar-refractivity contribution in [3.05, 3.63) is 28.8 Å². The number of rotatable bonds is 5. The summed E-state index contributed by atoms with van der Waals surface area (Å²) < 4.78 is 44.9. The van der Waals surface area contributed by atoms with Gasteiger partial charge in [0.05, 0.1) is 23.8 Å². The maximum absolute atomic E-state index is 12.8. The molecule has 1 aliphatic heterocycles. The smallest absolute Gasteiger partial charge is 0.379 e. The van der Waals surface area contributed by atoms with Gasteiger partial charge in [-0.25, -0.2) is 0 Å². The molecule has 0 radical (unpaired) electrons. The van der Waals surface area contributed by atoms with Crippen molar-refractivity contribution >= 4 is 11.3 Å². The van der Waals surface area contributed by atoms with Crippen LogP contribution in [0.1, 0.15) is 17.0 Å². The zero-order valence-electron chi connectivity index (χ0n) is 13.5. The molecule has 3 heterocycles. The lowest BCUT2D eigenvalue weighted by molar-refractivity contribution is -0.141. The summed E-state index contributed by atoms with van der Waals surface area (Å²) in [7, 11) is 1.54. The fourth-order valence-electron chi connectivity index (χ4n) is 2.79. The number of ether oxygens (including phenoxy) is 1. The summed E-state index contributed by atoms with van der Waals surface area (Å²) in [5.41, 5.74) is -0.339. The number of alkyl halides is 3. The van der Waals surface area contributed by atoms with Gasteiger partial charge in [-0.2, -0.15) is 18.3 Å². The third-order valence-corrected chi connectivity index (χ3v) is 5.25. The molecular weight excluding hydrogens is 339 g/mol. The van der Waals surface area contributed by atoms with E-state index < -0.39 is 11.9 Å². The standard InChI is InChI=1S/C16H20F3N3OS/c1-21-13(11-15(20-21)16(17,18)19)14-5-4-12(24-14)3-2-6-22-7-9-23-10-8-22/h4-5,11H,2-3,6-10H2,1H3. The quantitative estimate of drug-likeness (QED) is 0.819. The van der Waals surface area contributed by atoms with Crippen LogP contribution < -0.4 is 0 Å². The fourth-order valence-corrected chi connectivity index (χ4v) is 3.88. The first-order chi connectivity index (χ1) is 11.4. The highest BCUT2D eigenvalue weighted by Gasteiger charge is 2.34. The maximum atomic E-state index is 12.8. The highest BCUT2D eigenvalue weighted by molar-refractivity contribution is 7.15. The Kier molecular flexibility index (Phi) is 5.27. The summed E-state index contributed by atoms with van der Waals surface area (Å²) >= 11 is 1.54. The van der Waals surface area contributed by atoms with Crippen molar-refractivity contribution in [1.29, 1.82) is 0 Å². The van der Waals surface area contributed by atoms with Crippen molar-refractivity contribution in [1.82, 2.24) is 14.7 Å². The molecule has 0 aromatic carbocycles. The minimum atomic E-state index is -4.41. The Morgan fingerprint density at radius 2 is 2.00 bits per heavy atom. The van der Waals surface area contributed by atoms with E-state index in [1.807, 2.05) is 12.1 Å². The number of aromatic nitrogens is 2. The Hall–Kier alpha value is -1.38. The van der Waals surface area contributed by atoms with E-state index in [4.69, 9.17) is 4.74 Å². The van der Waals surface area contributed by atoms with Gasteiger partial charge in [0, 0.05) is 25.0 Å². The van der Waals surface area contributed by atoms with Crippen molar-refractivity contribution < 1.29 is 17.9 Å². The van der Waals surface area contributed by atoms with Gasteiger partial charge in [0.25, 0.3) is 0 Å². The molecule has 8 heteroatoms. The third kappa shape index (κ3) is 4.17. The minimum absolute atomic E-state index is 0.506. The zero-order chi connectivity index (χ0) is 17.2. The van der Waals surface area contributed by atoms with E-state index >= 15 is 0 Å². The van der Waals surface area contributed by atoms with Crippen LogP contribution in [-0.4, -0.2) is 47.5 Å². The molecule has 3 rings (SSSR count). The van der Waals surface area contributed by atoms with Crippen LogP contribution in [0.25, 0.3) is 10.6 Å². The molecule has 0 unspecified atom stereocenters. The highest BCUT2D eigenvalue weighted by Crippen LogP contribution is 2.34. The van der Waals surface area contributed by atoms with E-state index in [-0.39, 0.29) is 0 Å². The highest BCUT2D eigenvalue weighted by atomic mass is 32.1. The van der Waals surface area contributed by atoms with Gasteiger partial charge in [0.1, 0.15) is 0 Å². The van der Waals surface area contributed by atoms with Crippen molar-refractivity contribution in [2.75, 3.05) is 32.8 Å². The molecule has 0 bridgehead atoms. The summed E-state index contributed by atoms with van der Waals surface area (Å²) in [5.74, 6) is 0. The van der Waals surface area contributed by atoms with Crippen LogP contribution >= 0.6 is 11.3 Å². The predicted octanol–water partition coefficient (Wildman–Crippen LogP) is 3.43. The van der Waals surface area contributed by atoms with E-state index in [1.165, 1.54) is 20.9 Å². The molecule has 2 aromatic rings. The van der Waals surface area contributed by atoms with Gasteiger partial charge in [0.15, 0.2) is 5.69 Å². The van der Waals surface area contributed by atoms with Gasteiger partial charge in [-0.1, -0.05) is 0 Å². The molecule has 0 aliphatic carbocycles. The topological polar surface area (TPSA) is 30.3 Å². The normalized spacial score (nSPS) is 16.7. The van der Waals surface area contributed by atoms with E-state index in [9.17, 15) is 13.2 Å². The van der Waals surface area contributed by atoms with Gasteiger partial charge in [-0.3, -0.25) is 9.58 Å². The molecule has 132 valence electrons. The Labute approximate surface area is 142 Å². The second-order valence-electron chi connectivity index (χ2n) is 5.86. The molecule has 1 aliphatic rings. The molecule has 0 amide bonds. The number of morpholine rings is 1. The van der Waals surface area contributed by atoms with Crippen LogP contribution in [0.3, 0.4) is 0 Å². The van der Waals surface area contributed by atoms with Gasteiger partial charge in [-0.05, 0) is 37.6 Å². The summed E-state index contributed by atoms with van der Waals surface area (Å²) in [6.07, 6.45) is -2.43. The second kappa shape index (κ2) is 7.25. The number of hydrogen-bond donors (Lipinski definition) is 0. The molecule has 4 nitrogen and oxygen atoms in total. The molecular formula is C16H20F3N3OS. The Morgan fingerprint density at radius 1 is 1.25 bits per heavy atom. The molecule has 1 saturated heterocycles. The lowest BCUT2D eigenvalue weighted by Crippen LogP contribution is -2.36. The number of nitrogens with zero attached hydrogens (tertiary/aromatic N) is 3. The van der Waals surface area contributed by atoms with Crippen molar-refractivity contribution in [3.8, 4) is 10.6 Å². The Morgan fingerprint density at radius 3 is 2.67 bits per heavy atom. The van der Waals surface area contributed by atoms with Gasteiger partial charge < -0.3 is 4.74 Å². The molecule has 0 atom stereocenters. The second-order valence-corrected chi connectivity index (χ2v) is 7.03. The minimum Gasteiger partial charge on any atom is -0.379 e. The lowest BCUT2D eigenvalue weighted by atomic mass is 10.2. The van der Waals surface area contributed by atoms with Crippen LogP contribution in [0, 0.1) is 0 Å². The van der Waals surface area contributed by atoms with Gasteiger partial charge in [-0.15, -0.1) is 11.3 Å². The summed E-state index contributed by atoms with van der Waals surface area (Å²) in [4.78, 5) is 4.39. The predicted molar refractivity (Wildman–Crippen MR) is 87.1 cm³/mol. The number of halogens is 3. The van der Waals surface area contributed by atoms with Crippen LogP contribution in [0.5, 0.6) is 0 Å². The van der Waals surface area contributed by atoms with Crippen LogP contribution in [0.4, 0.5) is 13.2 Å². The molecule has 0 saturated carbocycles. The van der Waals surface area contributed by atoms with E-state index in [0.717, 1.165) is 56.6 Å². The van der Waals surface area contributed by atoms with E-state index in [1.54, 1.807) is 7.05 Å². The van der Waals surface area contributed by atoms with Crippen LogP contribution in [0.15, 0.2) is 18.2 Å². The van der Waals surface area contributed by atoms with Gasteiger partial charge >= 0.3 is 6.18 Å². The molecule has 2 aromatic heterocycles. The third-order valence-electron chi connectivity index (χ3n) is 4.09. The summed E-state index contributed by atoms with van der Waals surface area (Å²) in [6, 6.07) is 4.99. The Bertz CT molecular complexity index is 674. The fraction of sp³-hybridized carbons (Fsp3) is 0.562. The van der Waals surface area contributed by atoms with Crippen LogP contribution in [0.2, 0.25) is 0 Å². The zero-order valence-corrected chi connectivity index (χ0v) is 14.3. The first kappa shape index (κ1) is 17.4. The molecule has 1 fully saturated rings. The first-order valence-electron chi connectivity index (χ1n) is 7.94. The molecule has 24 heavy (non-hydrogen) atoms. The Balaban J connectivity index is 1.60. The van der Waals surface area contributed by atoms with Crippen molar-refractivity contribution in [2.45, 2.75) is 19.0 Å². The van der Waals surface area contributed by atoms with Gasteiger partial charge in [0.2, 0.25) is 0 Å². The number of hydrogen-bond acceptors (Lipinski definition) is 4. The van der Waals surface area contributed by atoms with E-state index in [0.29, 0.717) is 5.69 Å². The first-order valence-corrected chi connectivity index (χ1v) is 8.75. The average molecular weight is 359 g/mol. The molecule has 0 spiro atoms.